The van der Waals surface area contributed by atoms with Gasteiger partial charge in [0.1, 0.15) is 10.7 Å². The molecule has 0 fully saturated rings. The second-order valence-corrected chi connectivity index (χ2v) is 5.06. The minimum absolute atomic E-state index is 0.103. The number of hydrogen-bond donors (Lipinski definition) is 1. The molecule has 0 atom stereocenters. The maximum absolute atomic E-state index is 10.8. The lowest BCUT2D eigenvalue weighted by Crippen LogP contribution is -2.07. The van der Waals surface area contributed by atoms with Gasteiger partial charge in [-0.15, -0.1) is 0 Å². The molecule has 0 aliphatic carbocycles. The lowest BCUT2D eigenvalue weighted by atomic mass is 10.4. The normalized spacial score (nSPS) is 11.0. The van der Waals surface area contributed by atoms with Crippen molar-refractivity contribution in [3.05, 3.63) is 18.3 Å². The Kier molecular flexibility index (Phi) is 3.07. The highest BCUT2D eigenvalue weighted by atomic mass is 35.7. The largest absolute Gasteiger partial charge is 0.311 e. The SMILES string of the molecule is CC(=O)Nc1ccc(S(=O)(=O)Cl)cn1. The Labute approximate surface area is 85.5 Å². The summed E-state index contributed by atoms with van der Waals surface area (Å²) in [5, 5.41) is 2.40. The first kappa shape index (κ1) is 10.9. The number of halogens is 1. The van der Waals surface area contributed by atoms with E-state index >= 15 is 0 Å². The van der Waals surface area contributed by atoms with Gasteiger partial charge in [0.05, 0.1) is 0 Å². The van der Waals surface area contributed by atoms with E-state index in [1.54, 1.807) is 0 Å². The van der Waals surface area contributed by atoms with E-state index in [0.29, 0.717) is 0 Å². The smallest absolute Gasteiger partial charge is 0.262 e. The van der Waals surface area contributed by atoms with E-state index in [-0.39, 0.29) is 16.6 Å². The number of nitrogens with zero attached hydrogens (tertiary/aromatic N) is 1. The van der Waals surface area contributed by atoms with Gasteiger partial charge in [-0.2, -0.15) is 0 Å². The Balaban J connectivity index is 2.95. The highest BCUT2D eigenvalue weighted by Gasteiger charge is 2.09. The molecule has 1 aromatic heterocycles. The molecule has 1 rings (SSSR count). The molecule has 0 saturated heterocycles. The summed E-state index contributed by atoms with van der Waals surface area (Å²) in [6.45, 7) is 1.33. The first-order valence-corrected chi connectivity index (χ1v) is 5.89. The van der Waals surface area contributed by atoms with Gasteiger partial charge >= 0.3 is 0 Å². The van der Waals surface area contributed by atoms with Gasteiger partial charge in [-0.05, 0) is 12.1 Å². The van der Waals surface area contributed by atoms with Crippen molar-refractivity contribution in [1.82, 2.24) is 4.98 Å². The summed E-state index contributed by atoms with van der Waals surface area (Å²) < 4.78 is 21.6. The van der Waals surface area contributed by atoms with Gasteiger partial charge in [-0.25, -0.2) is 13.4 Å². The molecule has 1 heterocycles. The van der Waals surface area contributed by atoms with E-state index in [9.17, 15) is 13.2 Å². The van der Waals surface area contributed by atoms with Crippen LogP contribution in [0.5, 0.6) is 0 Å². The summed E-state index contributed by atoms with van der Waals surface area (Å²) in [5.74, 6) is 0.000507. The topological polar surface area (TPSA) is 76.1 Å². The average molecular weight is 235 g/mol. The molecule has 0 bridgehead atoms. The van der Waals surface area contributed by atoms with Gasteiger partial charge in [0.15, 0.2) is 0 Å². The van der Waals surface area contributed by atoms with Crippen molar-refractivity contribution in [3.8, 4) is 0 Å². The van der Waals surface area contributed by atoms with Crippen LogP contribution in [0.15, 0.2) is 23.2 Å². The van der Waals surface area contributed by atoms with E-state index in [2.05, 4.69) is 10.3 Å². The molecule has 76 valence electrons. The van der Waals surface area contributed by atoms with Gasteiger partial charge in [0.25, 0.3) is 9.05 Å². The maximum Gasteiger partial charge on any atom is 0.262 e. The van der Waals surface area contributed by atoms with E-state index in [1.165, 1.54) is 19.1 Å². The van der Waals surface area contributed by atoms with Crippen LogP contribution in [0.2, 0.25) is 0 Å². The quantitative estimate of drug-likeness (QED) is 0.774. The fraction of sp³-hybridized carbons (Fsp3) is 0.143. The fourth-order valence-corrected chi connectivity index (χ4v) is 1.46. The monoisotopic (exact) mass is 234 g/mol. The first-order valence-electron chi connectivity index (χ1n) is 3.58. The summed E-state index contributed by atoms with van der Waals surface area (Å²) in [4.78, 5) is 14.2. The fourth-order valence-electron chi connectivity index (χ4n) is 0.779. The Morgan fingerprint density at radius 3 is 2.50 bits per heavy atom. The van der Waals surface area contributed by atoms with Crippen molar-refractivity contribution in [2.45, 2.75) is 11.8 Å². The van der Waals surface area contributed by atoms with Crippen molar-refractivity contribution < 1.29 is 13.2 Å². The number of hydrogen-bond acceptors (Lipinski definition) is 4. The number of anilines is 1. The van der Waals surface area contributed by atoms with Gasteiger partial charge < -0.3 is 5.32 Å². The van der Waals surface area contributed by atoms with Gasteiger partial charge in [-0.1, -0.05) is 0 Å². The zero-order valence-electron chi connectivity index (χ0n) is 7.19. The van der Waals surface area contributed by atoms with Gasteiger partial charge in [0.2, 0.25) is 5.91 Å². The molecule has 0 saturated carbocycles. The third-order valence-corrected chi connectivity index (χ3v) is 2.66. The highest BCUT2D eigenvalue weighted by molar-refractivity contribution is 8.13. The molecule has 14 heavy (non-hydrogen) atoms. The Hall–Kier alpha value is -1.14. The second-order valence-electron chi connectivity index (χ2n) is 2.50. The number of pyridine rings is 1. The lowest BCUT2D eigenvalue weighted by molar-refractivity contribution is -0.114. The highest BCUT2D eigenvalue weighted by Crippen LogP contribution is 2.14. The van der Waals surface area contributed by atoms with Crippen molar-refractivity contribution in [3.63, 3.8) is 0 Å². The van der Waals surface area contributed by atoms with Gasteiger partial charge in [-0.3, -0.25) is 4.79 Å². The molecule has 0 radical (unpaired) electrons. The average Bonchev–Trinajstić information content (AvgIpc) is 2.02. The Morgan fingerprint density at radius 2 is 2.14 bits per heavy atom. The predicted molar refractivity (Wildman–Crippen MR) is 51.6 cm³/mol. The third kappa shape index (κ3) is 2.97. The number of carbonyl (C=O) groups is 1. The number of rotatable bonds is 2. The molecule has 1 amide bonds. The molecular weight excluding hydrogens is 228 g/mol. The summed E-state index contributed by atoms with van der Waals surface area (Å²) in [6.07, 6.45) is 1.08. The number of nitrogens with one attached hydrogen (secondary N) is 1. The lowest BCUT2D eigenvalue weighted by Gasteiger charge is -2.00. The summed E-state index contributed by atoms with van der Waals surface area (Å²) in [6, 6.07) is 2.62. The maximum atomic E-state index is 10.8. The summed E-state index contributed by atoms with van der Waals surface area (Å²) in [7, 11) is 1.31. The van der Waals surface area contributed by atoms with Crippen LogP contribution in [0.25, 0.3) is 0 Å². The predicted octanol–water partition coefficient (Wildman–Crippen LogP) is 0.967. The van der Waals surface area contributed by atoms with E-state index in [0.717, 1.165) is 6.20 Å². The van der Waals surface area contributed by atoms with Crippen molar-refractivity contribution >= 4 is 31.5 Å². The molecule has 0 aromatic carbocycles. The van der Waals surface area contributed by atoms with E-state index in [4.69, 9.17) is 10.7 Å². The zero-order valence-corrected chi connectivity index (χ0v) is 8.76. The molecule has 5 nitrogen and oxygen atoms in total. The van der Waals surface area contributed by atoms with E-state index in [1.807, 2.05) is 0 Å². The van der Waals surface area contributed by atoms with Crippen molar-refractivity contribution in [2.24, 2.45) is 0 Å². The number of amides is 1. The van der Waals surface area contributed by atoms with Crippen LogP contribution >= 0.6 is 10.7 Å². The third-order valence-electron chi connectivity index (χ3n) is 1.32. The molecule has 0 aliphatic heterocycles. The van der Waals surface area contributed by atoms with Crippen LogP contribution in [0.4, 0.5) is 5.82 Å². The standard InChI is InChI=1S/C7H7ClN2O3S/c1-5(11)10-7-3-2-6(4-9-7)14(8,12)13/h2-4H,1H3,(H,9,10,11). The number of aromatic nitrogens is 1. The van der Waals surface area contributed by atoms with Crippen LogP contribution in [-0.2, 0) is 13.8 Å². The van der Waals surface area contributed by atoms with Crippen molar-refractivity contribution in [1.29, 1.82) is 0 Å². The molecule has 7 heteroatoms. The van der Waals surface area contributed by atoms with E-state index < -0.39 is 9.05 Å². The minimum Gasteiger partial charge on any atom is -0.311 e. The molecular formula is C7H7ClN2O3S. The molecule has 0 spiro atoms. The zero-order chi connectivity index (χ0) is 10.8. The Morgan fingerprint density at radius 1 is 1.50 bits per heavy atom. The minimum atomic E-state index is -3.75. The molecule has 0 aliphatic rings. The van der Waals surface area contributed by atoms with Gasteiger partial charge in [0, 0.05) is 23.8 Å². The molecule has 1 N–H and O–H groups in total. The Bertz CT molecular complexity index is 441. The van der Waals surface area contributed by atoms with Crippen LogP contribution in [-0.4, -0.2) is 19.3 Å². The van der Waals surface area contributed by atoms with Crippen LogP contribution in [0.1, 0.15) is 6.92 Å². The number of carbonyl (C=O) groups excluding carboxylic acids is 1. The van der Waals surface area contributed by atoms with Crippen molar-refractivity contribution in [2.75, 3.05) is 5.32 Å². The summed E-state index contributed by atoms with van der Waals surface area (Å²) in [5.41, 5.74) is 0. The van der Waals surface area contributed by atoms with Crippen LogP contribution < -0.4 is 5.32 Å². The molecule has 0 unspecified atom stereocenters. The second kappa shape index (κ2) is 3.93. The summed E-state index contributed by atoms with van der Waals surface area (Å²) >= 11 is 0. The first-order chi connectivity index (χ1) is 6.39. The molecule has 1 aromatic rings. The van der Waals surface area contributed by atoms with Crippen LogP contribution in [0, 0.1) is 0 Å². The van der Waals surface area contributed by atoms with Crippen LogP contribution in [0.3, 0.4) is 0 Å².